The van der Waals surface area contributed by atoms with Gasteiger partial charge in [-0.1, -0.05) is 17.0 Å². The maximum absolute atomic E-state index is 12.9. The number of nitrogens with one attached hydrogen (secondary N) is 2. The van der Waals surface area contributed by atoms with E-state index in [1.807, 2.05) is 0 Å². The number of fused-ring (bicyclic) bond motifs is 1. The predicted octanol–water partition coefficient (Wildman–Crippen LogP) is 2.73. The van der Waals surface area contributed by atoms with Crippen molar-refractivity contribution < 1.29 is 194 Å². The molecule has 9 N–H and O–H groups in total. The number of hydrogen-bond donors (Lipinski definition) is 8. The van der Waals surface area contributed by atoms with Gasteiger partial charge < -0.3 is 174 Å². The summed E-state index contributed by atoms with van der Waals surface area (Å²) in [5.41, 5.74) is 14.2. The van der Waals surface area contributed by atoms with E-state index in [0.717, 1.165) is 12.4 Å². The number of nitro groups is 1. The van der Waals surface area contributed by atoms with Gasteiger partial charge in [-0.2, -0.15) is 8.62 Å². The number of alkyl carbamates (subject to hydrolysis) is 1. The first-order valence-corrected chi connectivity index (χ1v) is 46.9. The smallest absolute Gasteiger partial charge is 0.490 e. The minimum atomic E-state index is -5.80. The highest BCUT2D eigenvalue weighted by Crippen LogP contribution is 2.66. The SMILES string of the molecule is COc1cc(C(C)OC(=O)NCC#Cc2cn([C@H]3CC(O)[C@@H](COP(=O)(O)OP(=O)(O)OP(=O)(O)O)O3)c3ncnc(N)c23)c([N+](=O)[O-])cc1OCCCC(=O)NCCOCCOCCOCCOCCOCCOCCOCCOCCOCCOCCOCCOCCOCCOCCOCCOCCOCCOCCOCCOCCOCCOCCOCCN=[N+]=[N-]. The molecule has 6 atom stereocenters. The number of methoxy groups -OCH3 is 1. The number of benzene rings is 1. The zero-order valence-corrected chi connectivity index (χ0v) is 76.9. The van der Waals surface area contributed by atoms with Crippen LogP contribution in [-0.2, 0) is 150 Å². The molecule has 1 fully saturated rings. The van der Waals surface area contributed by atoms with Crippen molar-refractivity contribution >= 4 is 58.0 Å². The van der Waals surface area contributed by atoms with E-state index >= 15 is 0 Å². The Kier molecular flexibility index (Phi) is 68.6. The third-order valence-corrected chi connectivity index (χ3v) is 20.5. The van der Waals surface area contributed by atoms with Gasteiger partial charge in [0.05, 0.1) is 364 Å². The zero-order chi connectivity index (χ0) is 94.6. The molecule has 0 aliphatic carbocycles. The molecule has 4 unspecified atom stereocenters. The van der Waals surface area contributed by atoms with Gasteiger partial charge in [0.25, 0.3) is 5.69 Å². The standard InChI is InChI=1S/C76H131N10O42P3/c1-63(125-76(89)80-7-3-5-64-60-85(75-73(64)74(77)81-62-82-75)72-59-67(87)70(126-72)61-124-130(95,96)128-131(97,98)127-129(92,93)94)65-57-68(99-2)69(58-66(65)86(90)91)123-10-4-6-71(88)79-8-11-100-13-15-102-17-19-104-21-23-106-25-27-108-29-31-110-33-35-112-37-39-114-41-43-116-45-47-118-49-51-120-53-55-122-56-54-121-52-50-119-48-46-117-44-42-115-40-38-113-36-34-111-32-30-109-28-26-107-24-22-105-20-18-103-16-14-101-12-9-83-84-78/h57-58,60,62-63,67,70,72,87H,4,6-56,59,61H2,1-2H3,(H,79,88)(H,80,89)(H,95,96)(H,97,98)(H2,77,81,82)(H2,92,93,94)/t63?,67?,70-,72-/m1/s1. The Morgan fingerprint density at radius 1 is 0.565 bits per heavy atom. The number of phosphoric acid groups is 3. The van der Waals surface area contributed by atoms with Crippen LogP contribution < -0.4 is 25.8 Å². The quantitative estimate of drug-likeness (QED) is 0.00588. The zero-order valence-electron chi connectivity index (χ0n) is 74.2. The first-order valence-electron chi connectivity index (χ1n) is 42.3. The highest BCUT2D eigenvalue weighted by atomic mass is 31.3. The number of amides is 2. The third-order valence-electron chi connectivity index (χ3n) is 16.7. The number of carbonyl (C=O) groups is 2. The summed E-state index contributed by atoms with van der Waals surface area (Å²) < 4.78 is 197. The summed E-state index contributed by atoms with van der Waals surface area (Å²) in [5.74, 6) is 5.34. The summed E-state index contributed by atoms with van der Waals surface area (Å²) in [5, 5.41) is 31.7. The van der Waals surface area contributed by atoms with Crippen molar-refractivity contribution in [1.29, 1.82) is 0 Å². The summed E-state index contributed by atoms with van der Waals surface area (Å²) in [7, 11) is -15.7. The summed E-state index contributed by atoms with van der Waals surface area (Å²) in [6.45, 7) is 20.6. The van der Waals surface area contributed by atoms with E-state index in [-0.39, 0.29) is 91.0 Å². The molecule has 2 aromatic heterocycles. The second-order valence-electron chi connectivity index (χ2n) is 26.6. The van der Waals surface area contributed by atoms with Gasteiger partial charge in [0, 0.05) is 37.0 Å². The van der Waals surface area contributed by atoms with Crippen LogP contribution in [0.3, 0.4) is 0 Å². The number of nitrogens with zero attached hydrogens (tertiary/aromatic N) is 7. The Labute approximate surface area is 759 Å². The Bertz CT molecular complexity index is 3730. The lowest BCUT2D eigenvalue weighted by Crippen LogP contribution is -2.27. The van der Waals surface area contributed by atoms with E-state index < -0.39 is 71.3 Å². The Hall–Kier alpha value is -6.34. The van der Waals surface area contributed by atoms with Gasteiger partial charge in [-0.15, -0.1) is 0 Å². The summed E-state index contributed by atoms with van der Waals surface area (Å²) >= 11 is 0. The summed E-state index contributed by atoms with van der Waals surface area (Å²) in [6.07, 6.45) is -3.32. The van der Waals surface area contributed by atoms with Gasteiger partial charge in [0.15, 0.2) is 11.5 Å². The lowest BCUT2D eigenvalue weighted by Gasteiger charge is -2.19. The maximum Gasteiger partial charge on any atom is 0.490 e. The van der Waals surface area contributed by atoms with Crippen molar-refractivity contribution in [1.82, 2.24) is 25.2 Å². The largest absolute Gasteiger partial charge is 0.493 e. The molecular weight excluding hydrogens is 1820 g/mol. The Balaban J connectivity index is 0.815. The molecule has 1 saturated heterocycles. The first-order chi connectivity index (χ1) is 63.6. The van der Waals surface area contributed by atoms with Gasteiger partial charge >= 0.3 is 29.6 Å². The fraction of sp³-hybridized carbons (Fsp3) is 0.789. The number of aliphatic hydroxyl groups is 1. The number of aromatic nitrogens is 3. The van der Waals surface area contributed by atoms with E-state index in [0.29, 0.717) is 304 Å². The van der Waals surface area contributed by atoms with Crippen molar-refractivity contribution in [3.63, 3.8) is 0 Å². The number of anilines is 1. The van der Waals surface area contributed by atoms with E-state index in [2.05, 4.69) is 55.6 Å². The van der Waals surface area contributed by atoms with Crippen molar-refractivity contribution in [3.8, 4) is 23.3 Å². The number of carbonyl (C=O) groups excluding carboxylic acids is 2. The molecule has 1 aliphatic rings. The lowest BCUT2D eigenvalue weighted by molar-refractivity contribution is -0.386. The Morgan fingerprint density at radius 3 is 1.31 bits per heavy atom. The number of aliphatic hydroxyl groups excluding tert-OH is 1. The van der Waals surface area contributed by atoms with Crippen LogP contribution >= 0.6 is 23.5 Å². The number of rotatable bonds is 90. The molecule has 0 saturated carbocycles. The average molecular weight is 1950 g/mol. The van der Waals surface area contributed by atoms with Crippen LogP contribution in [0, 0.1) is 22.0 Å². The van der Waals surface area contributed by atoms with E-state index in [9.17, 15) is 48.3 Å². The van der Waals surface area contributed by atoms with Crippen molar-refractivity contribution in [2.24, 2.45) is 5.11 Å². The van der Waals surface area contributed by atoms with Crippen LogP contribution in [-0.4, -0.2) is 412 Å². The minimum Gasteiger partial charge on any atom is -0.493 e. The molecule has 0 radical (unpaired) electrons. The molecule has 752 valence electrons. The van der Waals surface area contributed by atoms with Crippen molar-refractivity contribution in [3.05, 3.63) is 56.3 Å². The monoisotopic (exact) mass is 1950 g/mol. The third kappa shape index (κ3) is 61.4. The van der Waals surface area contributed by atoms with E-state index in [1.165, 1.54) is 30.9 Å². The van der Waals surface area contributed by atoms with Crippen LogP contribution in [0.5, 0.6) is 11.5 Å². The second-order valence-corrected chi connectivity index (χ2v) is 31.0. The van der Waals surface area contributed by atoms with Crippen LogP contribution in [0.2, 0.25) is 0 Å². The fourth-order valence-corrected chi connectivity index (χ4v) is 13.7. The highest BCUT2D eigenvalue weighted by molar-refractivity contribution is 7.66. The van der Waals surface area contributed by atoms with Gasteiger partial charge in [0.1, 0.15) is 36.2 Å². The average Bonchev–Trinajstić information content (AvgIpc) is 1.62. The highest BCUT2D eigenvalue weighted by Gasteiger charge is 2.43. The molecule has 3 heterocycles. The molecule has 52 nitrogen and oxygen atoms in total. The number of nitrogens with two attached hydrogens (primary N) is 1. The summed E-state index contributed by atoms with van der Waals surface area (Å²) in [6, 6.07) is 2.42. The fourth-order valence-electron chi connectivity index (χ4n) is 10.6. The number of azide groups is 1. The van der Waals surface area contributed by atoms with Crippen molar-refractivity contribution in [2.45, 2.75) is 50.7 Å². The number of ether oxygens (including phenoxy) is 27. The number of hydrogen-bond acceptors (Lipinski definition) is 42. The molecular formula is C76H131N10O42P3. The van der Waals surface area contributed by atoms with Gasteiger partial charge in [-0.25, -0.2) is 28.5 Å². The topological polar surface area (TPSA) is 636 Å². The molecule has 2 amide bonds. The molecule has 3 aromatic rings. The van der Waals surface area contributed by atoms with Crippen LogP contribution in [0.4, 0.5) is 16.3 Å². The predicted molar refractivity (Wildman–Crippen MR) is 456 cm³/mol. The maximum atomic E-state index is 12.9. The molecule has 0 bridgehead atoms. The summed E-state index contributed by atoms with van der Waals surface area (Å²) in [4.78, 5) is 84.7. The van der Waals surface area contributed by atoms with Crippen molar-refractivity contribution in [2.75, 3.05) is 350 Å². The van der Waals surface area contributed by atoms with Gasteiger partial charge in [-0.05, 0) is 24.9 Å². The minimum absolute atomic E-state index is 0.00660. The van der Waals surface area contributed by atoms with E-state index in [1.54, 1.807) is 0 Å². The molecule has 1 aliphatic heterocycles. The normalized spacial score (nSPS) is 15.1. The number of nitro benzene ring substituents is 1. The number of nitrogen functional groups attached to an aromatic ring is 1. The lowest BCUT2D eigenvalue weighted by atomic mass is 10.1. The van der Waals surface area contributed by atoms with E-state index in [4.69, 9.17) is 149 Å². The molecule has 0 spiro atoms. The first kappa shape index (κ1) is 117. The van der Waals surface area contributed by atoms with Gasteiger partial charge in [-0.3, -0.25) is 19.4 Å². The van der Waals surface area contributed by atoms with Gasteiger partial charge in [0.2, 0.25) is 5.91 Å². The second kappa shape index (κ2) is 76.8. The van der Waals surface area contributed by atoms with Crippen LogP contribution in [0.1, 0.15) is 49.6 Å². The number of phosphoric ester groups is 1. The molecule has 4 rings (SSSR count). The van der Waals surface area contributed by atoms with Crippen LogP contribution in [0.25, 0.3) is 21.5 Å². The molecule has 131 heavy (non-hydrogen) atoms. The molecule has 55 heteroatoms. The Morgan fingerprint density at radius 2 is 0.947 bits per heavy atom. The van der Waals surface area contributed by atoms with Crippen LogP contribution in [0.15, 0.2) is 29.8 Å². The molecule has 1 aromatic carbocycles.